The van der Waals surface area contributed by atoms with Gasteiger partial charge in [-0.2, -0.15) is 0 Å². The molecule has 0 atom stereocenters. The lowest BCUT2D eigenvalue weighted by atomic mass is 10.2. The highest BCUT2D eigenvalue weighted by atomic mass is 127. The Morgan fingerprint density at radius 3 is 2.67 bits per heavy atom. The average molecular weight is 479 g/mol. The molecule has 0 saturated carbocycles. The number of guanidine groups is 1. The van der Waals surface area contributed by atoms with Crippen LogP contribution in [0, 0.1) is 0 Å². The number of imidazole rings is 1. The molecule has 3 N–H and O–H groups in total. The zero-order chi connectivity index (χ0) is 18.2. The molecular formula is C20H26IN5O. The summed E-state index contributed by atoms with van der Waals surface area (Å²) in [5.41, 5.74) is 3.17. The molecule has 27 heavy (non-hydrogen) atoms. The molecule has 0 radical (unpaired) electrons. The van der Waals surface area contributed by atoms with E-state index >= 15 is 0 Å². The SMILES string of the molecule is CCOc1ccccc1CNC(=NC)NCCc1nc2ccccc2[nH]1.I. The number of fused-ring (bicyclic) bond motifs is 1. The molecule has 7 heteroatoms. The van der Waals surface area contributed by atoms with E-state index in [-0.39, 0.29) is 24.0 Å². The molecule has 0 spiro atoms. The summed E-state index contributed by atoms with van der Waals surface area (Å²) >= 11 is 0. The Kier molecular flexibility index (Phi) is 8.38. The maximum absolute atomic E-state index is 5.66. The Balaban J connectivity index is 0.00000261. The lowest BCUT2D eigenvalue weighted by molar-refractivity contribution is 0.336. The van der Waals surface area contributed by atoms with E-state index in [2.05, 4.69) is 31.7 Å². The van der Waals surface area contributed by atoms with Crippen molar-refractivity contribution in [2.24, 2.45) is 4.99 Å². The molecule has 3 aromatic rings. The van der Waals surface area contributed by atoms with Gasteiger partial charge in [-0.1, -0.05) is 30.3 Å². The summed E-state index contributed by atoms with van der Waals surface area (Å²) in [6.07, 6.45) is 0.797. The minimum atomic E-state index is 0. The fourth-order valence-electron chi connectivity index (χ4n) is 2.77. The molecule has 1 aromatic heterocycles. The van der Waals surface area contributed by atoms with E-state index < -0.39 is 0 Å². The largest absolute Gasteiger partial charge is 0.494 e. The van der Waals surface area contributed by atoms with Gasteiger partial charge in [0.15, 0.2) is 5.96 Å². The second-order valence-corrected chi connectivity index (χ2v) is 5.84. The van der Waals surface area contributed by atoms with E-state index in [1.54, 1.807) is 7.05 Å². The Morgan fingerprint density at radius 1 is 1.11 bits per heavy atom. The van der Waals surface area contributed by atoms with Crippen LogP contribution in [-0.2, 0) is 13.0 Å². The third kappa shape index (κ3) is 5.85. The fourth-order valence-corrected chi connectivity index (χ4v) is 2.77. The molecule has 0 amide bonds. The van der Waals surface area contributed by atoms with Crippen molar-refractivity contribution < 1.29 is 4.74 Å². The smallest absolute Gasteiger partial charge is 0.191 e. The third-order valence-corrected chi connectivity index (χ3v) is 4.04. The summed E-state index contributed by atoms with van der Waals surface area (Å²) < 4.78 is 5.66. The van der Waals surface area contributed by atoms with Crippen molar-refractivity contribution in [2.45, 2.75) is 19.9 Å². The number of nitrogens with zero attached hydrogens (tertiary/aromatic N) is 2. The van der Waals surface area contributed by atoms with Gasteiger partial charge in [0, 0.05) is 32.1 Å². The van der Waals surface area contributed by atoms with Gasteiger partial charge in [-0.25, -0.2) is 4.98 Å². The Bertz CT molecular complexity index is 844. The van der Waals surface area contributed by atoms with Crippen LogP contribution >= 0.6 is 24.0 Å². The maximum Gasteiger partial charge on any atom is 0.191 e. The molecule has 0 unspecified atom stereocenters. The summed E-state index contributed by atoms with van der Waals surface area (Å²) in [5, 5.41) is 6.65. The van der Waals surface area contributed by atoms with Gasteiger partial charge < -0.3 is 20.4 Å². The molecule has 0 aliphatic heterocycles. The third-order valence-electron chi connectivity index (χ3n) is 4.04. The zero-order valence-corrected chi connectivity index (χ0v) is 18.0. The van der Waals surface area contributed by atoms with Gasteiger partial charge in [0.2, 0.25) is 0 Å². The van der Waals surface area contributed by atoms with Crippen LogP contribution in [0.1, 0.15) is 18.3 Å². The van der Waals surface area contributed by atoms with Crippen LogP contribution in [0.15, 0.2) is 53.5 Å². The lowest BCUT2D eigenvalue weighted by Crippen LogP contribution is -2.38. The molecule has 6 nitrogen and oxygen atoms in total. The highest BCUT2D eigenvalue weighted by Crippen LogP contribution is 2.17. The number of H-pyrrole nitrogens is 1. The molecular weight excluding hydrogens is 453 g/mol. The molecule has 2 aromatic carbocycles. The first kappa shape index (κ1) is 21.0. The van der Waals surface area contributed by atoms with Gasteiger partial charge >= 0.3 is 0 Å². The van der Waals surface area contributed by atoms with Crippen LogP contribution in [0.25, 0.3) is 11.0 Å². The normalized spacial score (nSPS) is 11.1. The molecule has 1 heterocycles. The van der Waals surface area contributed by atoms with Gasteiger partial charge in [-0.15, -0.1) is 24.0 Å². The van der Waals surface area contributed by atoms with Crippen LogP contribution in [0.3, 0.4) is 0 Å². The van der Waals surface area contributed by atoms with Gasteiger partial charge in [0.1, 0.15) is 11.6 Å². The second kappa shape index (κ2) is 10.8. The number of benzene rings is 2. The van der Waals surface area contributed by atoms with Crippen molar-refractivity contribution in [2.75, 3.05) is 20.2 Å². The van der Waals surface area contributed by atoms with E-state index in [1.165, 1.54) is 0 Å². The number of hydrogen-bond acceptors (Lipinski definition) is 3. The van der Waals surface area contributed by atoms with Gasteiger partial charge in [0.05, 0.1) is 17.6 Å². The predicted molar refractivity (Wildman–Crippen MR) is 121 cm³/mol. The first-order chi connectivity index (χ1) is 12.8. The van der Waals surface area contributed by atoms with E-state index in [9.17, 15) is 0 Å². The summed E-state index contributed by atoms with van der Waals surface area (Å²) in [6, 6.07) is 16.1. The van der Waals surface area contributed by atoms with Crippen molar-refractivity contribution in [1.82, 2.24) is 20.6 Å². The van der Waals surface area contributed by atoms with E-state index in [0.717, 1.165) is 47.1 Å². The van der Waals surface area contributed by atoms with E-state index in [4.69, 9.17) is 4.74 Å². The van der Waals surface area contributed by atoms with Gasteiger partial charge in [-0.3, -0.25) is 4.99 Å². The standard InChI is InChI=1S/C20H25N5O.HI/c1-3-26-18-11-7-4-8-15(18)14-23-20(21-2)22-13-12-19-24-16-9-5-6-10-17(16)25-19;/h4-11H,3,12-14H2,1-2H3,(H,24,25)(H2,21,22,23);1H. The first-order valence-electron chi connectivity index (χ1n) is 8.89. The quantitative estimate of drug-likeness (QED) is 0.276. The number of hydrogen-bond donors (Lipinski definition) is 3. The lowest BCUT2D eigenvalue weighted by Gasteiger charge is -2.14. The highest BCUT2D eigenvalue weighted by molar-refractivity contribution is 14.0. The van der Waals surface area contributed by atoms with Crippen LogP contribution in [0.5, 0.6) is 5.75 Å². The number of nitrogens with one attached hydrogen (secondary N) is 3. The maximum atomic E-state index is 5.66. The summed E-state index contributed by atoms with van der Waals surface area (Å²) in [4.78, 5) is 12.2. The van der Waals surface area contributed by atoms with Crippen LogP contribution in [0.2, 0.25) is 0 Å². The van der Waals surface area contributed by atoms with Crippen LogP contribution in [0.4, 0.5) is 0 Å². The van der Waals surface area contributed by atoms with Crippen LogP contribution in [-0.4, -0.2) is 36.1 Å². The fraction of sp³-hybridized carbons (Fsp3) is 0.300. The van der Waals surface area contributed by atoms with Crippen molar-refractivity contribution in [3.8, 4) is 5.75 Å². The minimum Gasteiger partial charge on any atom is -0.494 e. The monoisotopic (exact) mass is 479 g/mol. The number of halogens is 1. The summed E-state index contributed by atoms with van der Waals surface area (Å²) in [5.74, 6) is 2.63. The molecule has 144 valence electrons. The summed E-state index contributed by atoms with van der Waals surface area (Å²) in [6.45, 7) is 4.04. The minimum absolute atomic E-state index is 0. The number of aromatic nitrogens is 2. The Labute approximate surface area is 176 Å². The van der Waals surface area contributed by atoms with Gasteiger partial charge in [-0.05, 0) is 25.1 Å². The number of ether oxygens (including phenoxy) is 1. The van der Waals surface area contributed by atoms with Crippen molar-refractivity contribution in [1.29, 1.82) is 0 Å². The van der Waals surface area contributed by atoms with Crippen molar-refractivity contribution >= 4 is 41.0 Å². The molecule has 0 bridgehead atoms. The molecule has 0 aliphatic rings. The highest BCUT2D eigenvalue weighted by Gasteiger charge is 2.05. The average Bonchev–Trinajstić information content (AvgIpc) is 3.08. The predicted octanol–water partition coefficient (Wildman–Crippen LogP) is 3.49. The van der Waals surface area contributed by atoms with Gasteiger partial charge in [0.25, 0.3) is 0 Å². The number of aliphatic imine (C=N–C) groups is 1. The summed E-state index contributed by atoms with van der Waals surface area (Å²) in [7, 11) is 1.77. The molecule has 0 fully saturated rings. The van der Waals surface area contributed by atoms with E-state index in [0.29, 0.717) is 13.2 Å². The zero-order valence-electron chi connectivity index (χ0n) is 15.7. The number of rotatable bonds is 7. The second-order valence-electron chi connectivity index (χ2n) is 5.84. The van der Waals surface area contributed by atoms with Crippen LogP contribution < -0.4 is 15.4 Å². The topological polar surface area (TPSA) is 74.3 Å². The Morgan fingerprint density at radius 2 is 1.89 bits per heavy atom. The van der Waals surface area contributed by atoms with Crippen molar-refractivity contribution in [3.63, 3.8) is 0 Å². The molecule has 3 rings (SSSR count). The number of para-hydroxylation sites is 3. The van der Waals surface area contributed by atoms with E-state index in [1.807, 2.05) is 49.4 Å². The molecule has 0 saturated heterocycles. The first-order valence-corrected chi connectivity index (χ1v) is 8.89. The number of aromatic amines is 1. The molecule has 0 aliphatic carbocycles. The van der Waals surface area contributed by atoms with Crippen molar-refractivity contribution in [3.05, 3.63) is 59.9 Å². The Hall–Kier alpha value is -2.29.